The van der Waals surface area contributed by atoms with Crippen LogP contribution in [0.25, 0.3) is 22.4 Å². The van der Waals surface area contributed by atoms with Crippen LogP contribution in [0.3, 0.4) is 0 Å². The molecule has 142 valence electrons. The Bertz CT molecular complexity index is 1010. The van der Waals surface area contributed by atoms with Gasteiger partial charge in [-0.2, -0.15) is 13.2 Å². The molecule has 1 saturated carbocycles. The van der Waals surface area contributed by atoms with Gasteiger partial charge in [0.25, 0.3) is 0 Å². The average molecular weight is 380 g/mol. The second-order valence-corrected chi connectivity index (χ2v) is 6.90. The third-order valence-electron chi connectivity index (χ3n) is 4.52. The van der Waals surface area contributed by atoms with Crippen molar-refractivity contribution in [1.82, 2.24) is 15.2 Å². The predicted molar refractivity (Wildman–Crippen MR) is 89.0 cm³/mol. The van der Waals surface area contributed by atoms with Crippen molar-refractivity contribution in [3.05, 3.63) is 30.2 Å². The second-order valence-electron chi connectivity index (χ2n) is 6.90. The number of nitrogens with zero attached hydrogens (tertiary/aromatic N) is 3. The molecule has 0 radical (unpaired) electrons. The van der Waals surface area contributed by atoms with Gasteiger partial charge in [-0.3, -0.25) is 0 Å². The van der Waals surface area contributed by atoms with Crippen molar-refractivity contribution in [3.63, 3.8) is 0 Å². The first-order valence-corrected chi connectivity index (χ1v) is 8.13. The molecule has 1 aliphatic rings. The van der Waals surface area contributed by atoms with Crippen LogP contribution in [0.1, 0.15) is 25.3 Å². The number of rotatable bonds is 3. The topological polar surface area (TPSA) is 104 Å². The van der Waals surface area contributed by atoms with Gasteiger partial charge in [0.1, 0.15) is 11.4 Å². The lowest BCUT2D eigenvalue weighted by molar-refractivity contribution is -0.137. The smallest absolute Gasteiger partial charge is 0.418 e. The molecule has 0 unspecified atom stereocenters. The summed E-state index contributed by atoms with van der Waals surface area (Å²) < 4.78 is 43.7. The Hall–Kier alpha value is -2.88. The average Bonchev–Trinajstić information content (AvgIpc) is 3.03. The van der Waals surface area contributed by atoms with E-state index in [2.05, 4.69) is 20.5 Å². The fourth-order valence-electron chi connectivity index (χ4n) is 3.23. The number of aromatic hydroxyl groups is 1. The highest BCUT2D eigenvalue weighted by molar-refractivity contribution is 5.96. The molecule has 0 atom stereocenters. The summed E-state index contributed by atoms with van der Waals surface area (Å²) >= 11 is 0. The quantitative estimate of drug-likeness (QED) is 0.640. The number of hydrogen-bond donors (Lipinski definition) is 3. The summed E-state index contributed by atoms with van der Waals surface area (Å²) in [6, 6.07) is 2.24. The van der Waals surface area contributed by atoms with E-state index < -0.39 is 23.1 Å². The van der Waals surface area contributed by atoms with Crippen molar-refractivity contribution in [3.8, 4) is 17.1 Å². The molecule has 3 heterocycles. The van der Waals surface area contributed by atoms with Crippen molar-refractivity contribution in [1.29, 1.82) is 0 Å². The van der Waals surface area contributed by atoms with Gasteiger partial charge in [0.15, 0.2) is 17.1 Å². The summed E-state index contributed by atoms with van der Waals surface area (Å²) in [6.45, 7) is 1.74. The zero-order chi connectivity index (χ0) is 19.4. The van der Waals surface area contributed by atoms with Crippen molar-refractivity contribution in [2.75, 3.05) is 5.32 Å². The molecular formula is C17H15F3N4O3. The molecule has 0 amide bonds. The third kappa shape index (κ3) is 3.16. The van der Waals surface area contributed by atoms with Gasteiger partial charge in [-0.25, -0.2) is 4.98 Å². The van der Waals surface area contributed by atoms with E-state index in [0.717, 1.165) is 0 Å². The lowest BCUT2D eigenvalue weighted by Gasteiger charge is -2.41. The summed E-state index contributed by atoms with van der Waals surface area (Å²) in [5.41, 5.74) is -1.67. The first-order chi connectivity index (χ1) is 12.6. The van der Waals surface area contributed by atoms with Gasteiger partial charge in [0, 0.05) is 12.2 Å². The summed E-state index contributed by atoms with van der Waals surface area (Å²) in [6.07, 6.45) is -1.50. The number of aliphatic hydroxyl groups is 1. The van der Waals surface area contributed by atoms with Gasteiger partial charge < -0.3 is 19.9 Å². The lowest BCUT2D eigenvalue weighted by Crippen LogP contribution is -2.48. The Labute approximate surface area is 150 Å². The van der Waals surface area contributed by atoms with Crippen LogP contribution in [-0.2, 0) is 6.18 Å². The molecule has 27 heavy (non-hydrogen) atoms. The molecule has 3 N–H and O–H groups in total. The van der Waals surface area contributed by atoms with Crippen LogP contribution in [0.5, 0.6) is 5.75 Å². The van der Waals surface area contributed by atoms with E-state index in [1.54, 1.807) is 13.0 Å². The van der Waals surface area contributed by atoms with Crippen molar-refractivity contribution in [2.45, 2.75) is 37.6 Å². The summed E-state index contributed by atoms with van der Waals surface area (Å²) in [7, 11) is 0. The largest absolute Gasteiger partial charge is 0.506 e. The molecule has 0 bridgehead atoms. The Morgan fingerprint density at radius 3 is 2.63 bits per heavy atom. The van der Waals surface area contributed by atoms with Gasteiger partial charge in [0.05, 0.1) is 22.8 Å². The van der Waals surface area contributed by atoms with Crippen LogP contribution >= 0.6 is 0 Å². The van der Waals surface area contributed by atoms with Gasteiger partial charge in [-0.05, 0) is 31.9 Å². The van der Waals surface area contributed by atoms with Crippen LogP contribution in [0.15, 0.2) is 29.0 Å². The molecule has 0 aliphatic heterocycles. The number of furan rings is 1. The molecule has 0 spiro atoms. The molecule has 4 rings (SSSR count). The van der Waals surface area contributed by atoms with Gasteiger partial charge >= 0.3 is 6.18 Å². The molecule has 7 nitrogen and oxygen atoms in total. The lowest BCUT2D eigenvalue weighted by atomic mass is 9.77. The number of nitrogens with one attached hydrogen (secondary N) is 1. The second kappa shape index (κ2) is 5.81. The number of alkyl halides is 3. The number of fused-ring (bicyclic) bond motifs is 1. The molecule has 10 heteroatoms. The van der Waals surface area contributed by atoms with E-state index in [4.69, 9.17) is 4.42 Å². The van der Waals surface area contributed by atoms with E-state index in [-0.39, 0.29) is 23.0 Å². The summed E-state index contributed by atoms with van der Waals surface area (Å²) in [5.74, 6) is -0.248. The highest BCUT2D eigenvalue weighted by atomic mass is 19.4. The van der Waals surface area contributed by atoms with Crippen LogP contribution in [0.4, 0.5) is 19.0 Å². The minimum atomic E-state index is -4.62. The van der Waals surface area contributed by atoms with Crippen LogP contribution < -0.4 is 5.32 Å². The molecule has 0 aromatic carbocycles. The maximum absolute atomic E-state index is 12.7. The highest BCUT2D eigenvalue weighted by Crippen LogP contribution is 2.39. The number of pyridine rings is 1. The maximum atomic E-state index is 12.7. The molecule has 3 aromatic rings. The zero-order valence-corrected chi connectivity index (χ0v) is 14.1. The van der Waals surface area contributed by atoms with Crippen molar-refractivity contribution < 1.29 is 27.8 Å². The van der Waals surface area contributed by atoms with E-state index in [9.17, 15) is 23.4 Å². The Kier molecular flexibility index (Phi) is 3.77. The van der Waals surface area contributed by atoms with Crippen molar-refractivity contribution in [2.24, 2.45) is 0 Å². The summed E-state index contributed by atoms with van der Waals surface area (Å²) in [5, 5.41) is 31.6. The highest BCUT2D eigenvalue weighted by Gasteiger charge is 2.39. The van der Waals surface area contributed by atoms with Gasteiger partial charge in [-0.1, -0.05) is 0 Å². The van der Waals surface area contributed by atoms with Crippen LogP contribution in [0.2, 0.25) is 0 Å². The predicted octanol–water partition coefficient (Wildman–Crippen LogP) is 3.33. The normalized spacial score (nSPS) is 22.6. The fourth-order valence-corrected chi connectivity index (χ4v) is 3.23. The fraction of sp³-hybridized carbons (Fsp3) is 0.353. The monoisotopic (exact) mass is 380 g/mol. The van der Waals surface area contributed by atoms with Crippen LogP contribution in [0, 0.1) is 0 Å². The molecular weight excluding hydrogens is 365 g/mol. The standard InChI is InChI=1S/C17H15F3N4O3/c1-16(26)5-9(6-16)22-15-10-2-3-27-14(10)13(23-24-15)12-11(25)4-8(7-21-12)17(18,19)20/h2-4,7,9,25-26H,5-6H2,1H3,(H,22,24). The van der Waals surface area contributed by atoms with E-state index >= 15 is 0 Å². The maximum Gasteiger partial charge on any atom is 0.418 e. The number of halogens is 3. The van der Waals surface area contributed by atoms with E-state index in [1.807, 2.05) is 0 Å². The zero-order valence-electron chi connectivity index (χ0n) is 14.1. The molecule has 1 aliphatic carbocycles. The summed E-state index contributed by atoms with van der Waals surface area (Å²) in [4.78, 5) is 3.70. The van der Waals surface area contributed by atoms with E-state index in [0.29, 0.717) is 36.3 Å². The minimum Gasteiger partial charge on any atom is -0.506 e. The van der Waals surface area contributed by atoms with E-state index in [1.165, 1.54) is 6.26 Å². The van der Waals surface area contributed by atoms with Gasteiger partial charge in [-0.15, -0.1) is 10.2 Å². The molecule has 3 aromatic heterocycles. The number of anilines is 1. The van der Waals surface area contributed by atoms with Crippen LogP contribution in [-0.4, -0.2) is 37.0 Å². The van der Waals surface area contributed by atoms with Gasteiger partial charge in [0.2, 0.25) is 0 Å². The SMILES string of the molecule is CC1(O)CC(Nc2nnc(-c3ncc(C(F)(F)F)cc3O)c3occc23)C1. The third-order valence-corrected chi connectivity index (χ3v) is 4.52. The Balaban J connectivity index is 1.70. The molecule has 0 saturated heterocycles. The Morgan fingerprint density at radius 1 is 1.26 bits per heavy atom. The first kappa shape index (κ1) is 17.5. The molecule has 1 fully saturated rings. The first-order valence-electron chi connectivity index (χ1n) is 8.13. The minimum absolute atomic E-state index is 0.0239. The Morgan fingerprint density at radius 2 is 2.00 bits per heavy atom. The number of aromatic nitrogens is 3. The van der Waals surface area contributed by atoms with Crippen molar-refractivity contribution >= 4 is 16.8 Å². The number of hydrogen-bond acceptors (Lipinski definition) is 7.